The minimum absolute atomic E-state index is 0.252. The molecule has 15 heavy (non-hydrogen) atoms. The molecule has 0 spiro atoms. The zero-order valence-corrected chi connectivity index (χ0v) is 9.16. The van der Waals surface area contributed by atoms with Crippen LogP contribution in [0.1, 0.15) is 24.7 Å². The van der Waals surface area contributed by atoms with Crippen LogP contribution in [0.3, 0.4) is 0 Å². The van der Waals surface area contributed by atoms with Crippen LogP contribution in [0, 0.1) is 6.92 Å². The van der Waals surface area contributed by atoms with Gasteiger partial charge in [-0.1, -0.05) is 18.2 Å². The highest BCUT2D eigenvalue weighted by molar-refractivity contribution is 5.82. The molecule has 2 nitrogen and oxygen atoms in total. The molecule has 1 N–H and O–H groups in total. The SMILES string of the molecule is Cc1oc2ccccc2c1CCC(C)O. The second-order valence-corrected chi connectivity index (χ2v) is 4.02. The smallest absolute Gasteiger partial charge is 0.134 e. The molecule has 1 unspecified atom stereocenters. The average molecular weight is 204 g/mol. The van der Waals surface area contributed by atoms with Gasteiger partial charge < -0.3 is 9.52 Å². The van der Waals surface area contributed by atoms with Crippen molar-refractivity contribution in [2.24, 2.45) is 0 Å². The summed E-state index contributed by atoms with van der Waals surface area (Å²) < 4.78 is 5.65. The molecule has 0 saturated heterocycles. The van der Waals surface area contributed by atoms with Crippen LogP contribution in [0.15, 0.2) is 28.7 Å². The highest BCUT2D eigenvalue weighted by Crippen LogP contribution is 2.26. The van der Waals surface area contributed by atoms with E-state index in [4.69, 9.17) is 4.42 Å². The molecule has 1 heterocycles. The van der Waals surface area contributed by atoms with Crippen LogP contribution in [0.25, 0.3) is 11.0 Å². The van der Waals surface area contributed by atoms with Crippen LogP contribution < -0.4 is 0 Å². The van der Waals surface area contributed by atoms with Gasteiger partial charge in [-0.15, -0.1) is 0 Å². The number of hydrogen-bond donors (Lipinski definition) is 1. The molecule has 1 atom stereocenters. The maximum absolute atomic E-state index is 9.28. The molecular formula is C13H16O2. The Morgan fingerprint density at radius 3 is 2.80 bits per heavy atom. The number of rotatable bonds is 3. The van der Waals surface area contributed by atoms with Gasteiger partial charge in [0, 0.05) is 10.9 Å². The summed E-state index contributed by atoms with van der Waals surface area (Å²) in [5.41, 5.74) is 2.17. The molecule has 1 aromatic heterocycles. The van der Waals surface area contributed by atoms with E-state index in [-0.39, 0.29) is 6.10 Å². The summed E-state index contributed by atoms with van der Waals surface area (Å²) in [6.07, 6.45) is 1.41. The van der Waals surface area contributed by atoms with Gasteiger partial charge in [0.25, 0.3) is 0 Å². The summed E-state index contributed by atoms with van der Waals surface area (Å²) in [6.45, 7) is 3.80. The van der Waals surface area contributed by atoms with E-state index in [0.717, 1.165) is 24.2 Å². The second-order valence-electron chi connectivity index (χ2n) is 4.02. The fraction of sp³-hybridized carbons (Fsp3) is 0.385. The molecule has 2 heteroatoms. The maximum atomic E-state index is 9.28. The first kappa shape index (κ1) is 10.2. The lowest BCUT2D eigenvalue weighted by Crippen LogP contribution is -2.01. The van der Waals surface area contributed by atoms with Gasteiger partial charge in [0.1, 0.15) is 11.3 Å². The van der Waals surface area contributed by atoms with Crippen LogP contribution in [0.2, 0.25) is 0 Å². The van der Waals surface area contributed by atoms with E-state index >= 15 is 0 Å². The first-order valence-electron chi connectivity index (χ1n) is 5.33. The third kappa shape index (κ3) is 2.05. The third-order valence-electron chi connectivity index (χ3n) is 2.71. The fourth-order valence-electron chi connectivity index (χ4n) is 1.89. The van der Waals surface area contributed by atoms with Gasteiger partial charge in [0.05, 0.1) is 6.10 Å². The first-order valence-corrected chi connectivity index (χ1v) is 5.33. The second kappa shape index (κ2) is 4.07. The van der Waals surface area contributed by atoms with Crippen molar-refractivity contribution < 1.29 is 9.52 Å². The van der Waals surface area contributed by atoms with Crippen molar-refractivity contribution in [1.82, 2.24) is 0 Å². The van der Waals surface area contributed by atoms with Crippen LogP contribution in [-0.4, -0.2) is 11.2 Å². The van der Waals surface area contributed by atoms with Crippen LogP contribution in [0.4, 0.5) is 0 Å². The van der Waals surface area contributed by atoms with Crippen molar-refractivity contribution in [2.75, 3.05) is 0 Å². The number of para-hydroxylation sites is 1. The molecule has 2 rings (SSSR count). The molecule has 1 aromatic carbocycles. The van der Waals surface area contributed by atoms with Crippen molar-refractivity contribution in [3.05, 3.63) is 35.6 Å². The Hall–Kier alpha value is -1.28. The molecule has 0 radical (unpaired) electrons. The minimum Gasteiger partial charge on any atom is -0.461 e. The lowest BCUT2D eigenvalue weighted by atomic mass is 10.0. The van der Waals surface area contributed by atoms with Crippen molar-refractivity contribution in [1.29, 1.82) is 0 Å². The lowest BCUT2D eigenvalue weighted by Gasteiger charge is -2.03. The van der Waals surface area contributed by atoms with E-state index in [1.54, 1.807) is 0 Å². The van der Waals surface area contributed by atoms with Gasteiger partial charge in [-0.05, 0) is 32.8 Å². The highest BCUT2D eigenvalue weighted by atomic mass is 16.3. The summed E-state index contributed by atoms with van der Waals surface area (Å²) in [4.78, 5) is 0. The first-order chi connectivity index (χ1) is 7.18. The van der Waals surface area contributed by atoms with Gasteiger partial charge in [-0.25, -0.2) is 0 Å². The monoisotopic (exact) mass is 204 g/mol. The van der Waals surface area contributed by atoms with Gasteiger partial charge in [-0.3, -0.25) is 0 Å². The lowest BCUT2D eigenvalue weighted by molar-refractivity contribution is 0.185. The quantitative estimate of drug-likeness (QED) is 0.833. The molecule has 0 aliphatic heterocycles. The number of aliphatic hydroxyl groups excluding tert-OH is 1. The zero-order chi connectivity index (χ0) is 10.8. The Kier molecular flexibility index (Phi) is 2.78. The Bertz CT molecular complexity index is 455. The predicted octanol–water partition coefficient (Wildman–Crippen LogP) is 3.05. The standard InChI is InChI=1S/C13H16O2/c1-9(14)7-8-11-10(2)15-13-6-4-3-5-12(11)13/h3-6,9,14H,7-8H2,1-2H3. The predicted molar refractivity (Wildman–Crippen MR) is 61.0 cm³/mol. The van der Waals surface area contributed by atoms with E-state index in [0.29, 0.717) is 0 Å². The summed E-state index contributed by atoms with van der Waals surface area (Å²) >= 11 is 0. The van der Waals surface area contributed by atoms with Gasteiger partial charge >= 0.3 is 0 Å². The molecule has 80 valence electrons. The number of benzene rings is 1. The summed E-state index contributed by atoms with van der Waals surface area (Å²) in [5.74, 6) is 0.969. The number of furan rings is 1. The van der Waals surface area contributed by atoms with Crippen molar-refractivity contribution in [3.63, 3.8) is 0 Å². The highest BCUT2D eigenvalue weighted by Gasteiger charge is 2.10. The molecule has 0 fully saturated rings. The Morgan fingerprint density at radius 2 is 2.07 bits per heavy atom. The Labute approximate surface area is 89.5 Å². The molecule has 0 aliphatic rings. The fourth-order valence-corrected chi connectivity index (χ4v) is 1.89. The van der Waals surface area contributed by atoms with E-state index in [2.05, 4.69) is 6.07 Å². The van der Waals surface area contributed by atoms with E-state index in [1.807, 2.05) is 32.0 Å². The Morgan fingerprint density at radius 1 is 1.33 bits per heavy atom. The summed E-state index contributed by atoms with van der Waals surface area (Å²) in [7, 11) is 0. The molecule has 0 saturated carbocycles. The molecule has 0 amide bonds. The minimum atomic E-state index is -0.252. The largest absolute Gasteiger partial charge is 0.461 e. The molecule has 2 aromatic rings. The third-order valence-corrected chi connectivity index (χ3v) is 2.71. The van der Waals surface area contributed by atoms with Crippen LogP contribution >= 0.6 is 0 Å². The van der Waals surface area contributed by atoms with Gasteiger partial charge in [0.15, 0.2) is 0 Å². The maximum Gasteiger partial charge on any atom is 0.134 e. The number of hydrogen-bond acceptors (Lipinski definition) is 2. The number of fused-ring (bicyclic) bond motifs is 1. The van der Waals surface area contributed by atoms with Crippen LogP contribution in [-0.2, 0) is 6.42 Å². The van der Waals surface area contributed by atoms with Crippen molar-refractivity contribution in [2.45, 2.75) is 32.8 Å². The molecule has 0 aliphatic carbocycles. The summed E-state index contributed by atoms with van der Waals surface area (Å²) in [6, 6.07) is 8.05. The van der Waals surface area contributed by atoms with Gasteiger partial charge in [0.2, 0.25) is 0 Å². The topological polar surface area (TPSA) is 33.4 Å². The van der Waals surface area contributed by atoms with E-state index in [9.17, 15) is 5.11 Å². The summed E-state index contributed by atoms with van der Waals surface area (Å²) in [5, 5.41) is 10.5. The molecular weight excluding hydrogens is 188 g/mol. The van der Waals surface area contributed by atoms with Crippen LogP contribution in [0.5, 0.6) is 0 Å². The number of aryl methyl sites for hydroxylation is 2. The van der Waals surface area contributed by atoms with Crippen molar-refractivity contribution in [3.8, 4) is 0 Å². The normalized spacial score (nSPS) is 13.3. The van der Waals surface area contributed by atoms with E-state index in [1.165, 1.54) is 10.9 Å². The van der Waals surface area contributed by atoms with Gasteiger partial charge in [-0.2, -0.15) is 0 Å². The Balaban J connectivity index is 2.36. The number of aliphatic hydroxyl groups is 1. The average Bonchev–Trinajstić information content (AvgIpc) is 2.50. The van der Waals surface area contributed by atoms with Crippen molar-refractivity contribution >= 4 is 11.0 Å². The zero-order valence-electron chi connectivity index (χ0n) is 9.16. The van der Waals surface area contributed by atoms with E-state index < -0.39 is 0 Å². The molecule has 0 bridgehead atoms.